The number of rotatable bonds is 29. The van der Waals surface area contributed by atoms with E-state index in [4.69, 9.17) is 0 Å². The highest BCUT2D eigenvalue weighted by Gasteiger charge is 2.26. The minimum absolute atomic E-state index is 0.976. The van der Waals surface area contributed by atoms with Crippen molar-refractivity contribution in [3.63, 3.8) is 0 Å². The van der Waals surface area contributed by atoms with Gasteiger partial charge in [0.05, 0.1) is 0 Å². The first-order valence-corrected chi connectivity index (χ1v) is 17.7. The van der Waals surface area contributed by atoms with Gasteiger partial charge in [0.2, 0.25) is 0 Å². The highest BCUT2D eigenvalue weighted by Crippen LogP contribution is 2.39. The van der Waals surface area contributed by atoms with Crippen LogP contribution in [0.15, 0.2) is 0 Å². The zero-order valence-corrected chi connectivity index (χ0v) is 26.7. The Balaban J connectivity index is 5.42. The van der Waals surface area contributed by atoms with E-state index in [-0.39, 0.29) is 0 Å². The van der Waals surface area contributed by atoms with Crippen LogP contribution in [0.2, 0.25) is 0 Å². The van der Waals surface area contributed by atoms with Gasteiger partial charge in [-0.3, -0.25) is 0 Å². The van der Waals surface area contributed by atoms with Gasteiger partial charge in [0.25, 0.3) is 0 Å². The third kappa shape index (κ3) is 21.0. The summed E-state index contributed by atoms with van der Waals surface area (Å²) in [6, 6.07) is 0. The van der Waals surface area contributed by atoms with Crippen LogP contribution in [-0.2, 0) is 0 Å². The van der Waals surface area contributed by atoms with Gasteiger partial charge in [0.1, 0.15) is 0 Å². The molecule has 0 N–H and O–H groups in total. The predicted octanol–water partition coefficient (Wildman–Crippen LogP) is 13.7. The van der Waals surface area contributed by atoms with Gasteiger partial charge >= 0.3 is 0 Å². The molecule has 4 atom stereocenters. The van der Waals surface area contributed by atoms with Crippen LogP contribution in [0.3, 0.4) is 0 Å². The smallest absolute Gasteiger partial charge is 0.0381 e. The first-order chi connectivity index (χ1) is 17.7. The number of unbranched alkanes of at least 4 members (excludes halogenated alkanes) is 13. The zero-order chi connectivity index (χ0) is 26.7. The Hall–Kier alpha value is 0. The van der Waals surface area contributed by atoms with Crippen molar-refractivity contribution in [3.8, 4) is 0 Å². The second-order valence-corrected chi connectivity index (χ2v) is 12.7. The van der Waals surface area contributed by atoms with Crippen molar-refractivity contribution in [2.75, 3.05) is 0 Å². The minimum atomic E-state index is 0.976. The van der Waals surface area contributed by atoms with Gasteiger partial charge in [0.15, 0.2) is 0 Å². The van der Waals surface area contributed by atoms with Gasteiger partial charge in [-0.05, 0) is 36.5 Å². The molecule has 0 amide bonds. The molecule has 0 heterocycles. The van der Waals surface area contributed by atoms with Gasteiger partial charge < -0.3 is 0 Å². The summed E-state index contributed by atoms with van der Waals surface area (Å²) >= 11 is 0. The molecular weight excluding hydrogens is 432 g/mol. The summed E-state index contributed by atoms with van der Waals surface area (Å²) in [6.07, 6.45) is 38.0. The van der Waals surface area contributed by atoms with Crippen molar-refractivity contribution in [1.82, 2.24) is 0 Å². The van der Waals surface area contributed by atoms with Crippen molar-refractivity contribution in [1.29, 1.82) is 0 Å². The van der Waals surface area contributed by atoms with E-state index in [0.717, 1.165) is 23.7 Å². The van der Waals surface area contributed by atoms with Crippen LogP contribution in [0.1, 0.15) is 208 Å². The average molecular weight is 507 g/mol. The fraction of sp³-hybridized carbons (Fsp3) is 1.00. The highest BCUT2D eigenvalue weighted by atomic mass is 14.3. The van der Waals surface area contributed by atoms with Crippen LogP contribution in [-0.4, -0.2) is 0 Å². The quantitative estimate of drug-likeness (QED) is 0.0884. The highest BCUT2D eigenvalue weighted by molar-refractivity contribution is 4.78. The molecule has 218 valence electrons. The number of hydrogen-bond acceptors (Lipinski definition) is 0. The summed E-state index contributed by atoms with van der Waals surface area (Å²) in [4.78, 5) is 0. The van der Waals surface area contributed by atoms with E-state index in [9.17, 15) is 0 Å². The van der Waals surface area contributed by atoms with Crippen molar-refractivity contribution in [2.45, 2.75) is 208 Å². The summed E-state index contributed by atoms with van der Waals surface area (Å²) in [5.74, 6) is 3.98. The van der Waals surface area contributed by atoms with Crippen molar-refractivity contribution in [3.05, 3.63) is 0 Å². The maximum Gasteiger partial charge on any atom is -0.0381 e. The first-order valence-electron chi connectivity index (χ1n) is 17.7. The Morgan fingerprint density at radius 1 is 0.306 bits per heavy atom. The zero-order valence-electron chi connectivity index (χ0n) is 26.7. The molecule has 0 aliphatic heterocycles. The maximum atomic E-state index is 2.49. The summed E-state index contributed by atoms with van der Waals surface area (Å²) in [5, 5.41) is 0. The van der Waals surface area contributed by atoms with Crippen LogP contribution >= 0.6 is 0 Å². The monoisotopic (exact) mass is 507 g/mol. The van der Waals surface area contributed by atoms with E-state index in [1.54, 1.807) is 12.8 Å². The van der Waals surface area contributed by atoms with Gasteiger partial charge in [-0.15, -0.1) is 0 Å². The van der Waals surface area contributed by atoms with Crippen LogP contribution in [0.5, 0.6) is 0 Å². The Labute approximate surface area is 232 Å². The summed E-state index contributed by atoms with van der Waals surface area (Å²) in [5.41, 5.74) is 0. The molecule has 0 aliphatic carbocycles. The normalized spacial score (nSPS) is 15.2. The van der Waals surface area contributed by atoms with Crippen LogP contribution < -0.4 is 0 Å². The molecule has 0 aromatic carbocycles. The van der Waals surface area contributed by atoms with Gasteiger partial charge in [-0.2, -0.15) is 0 Å². The molecule has 0 rings (SSSR count). The Morgan fingerprint density at radius 3 is 1.17 bits per heavy atom. The maximum absolute atomic E-state index is 2.49. The molecular formula is C36H74. The number of hydrogen-bond donors (Lipinski definition) is 0. The standard InChI is InChI=1S/C36H74/c1-7-13-18-21-22-25-30-35(29-24-20-15-9-3)36(31-33(12-6)26-16-10-4)32-34(27-17-11-5)28-23-19-14-8-2/h33-36H,7-32H2,1-6H3. The van der Waals surface area contributed by atoms with E-state index in [2.05, 4.69) is 41.5 Å². The van der Waals surface area contributed by atoms with E-state index in [0.29, 0.717) is 0 Å². The Bertz CT molecular complexity index is 399. The second-order valence-electron chi connectivity index (χ2n) is 12.7. The molecule has 0 saturated heterocycles. The molecule has 0 aromatic heterocycles. The molecule has 0 fully saturated rings. The lowest BCUT2D eigenvalue weighted by Crippen LogP contribution is -2.22. The molecule has 0 aliphatic rings. The molecule has 4 unspecified atom stereocenters. The molecule has 0 heteroatoms. The van der Waals surface area contributed by atoms with Crippen molar-refractivity contribution >= 4 is 0 Å². The van der Waals surface area contributed by atoms with Crippen LogP contribution in [0.25, 0.3) is 0 Å². The average Bonchev–Trinajstić information content (AvgIpc) is 2.89. The third-order valence-electron chi connectivity index (χ3n) is 9.27. The summed E-state index contributed by atoms with van der Waals surface area (Å²) in [7, 11) is 0. The Morgan fingerprint density at radius 2 is 0.667 bits per heavy atom. The van der Waals surface area contributed by atoms with Gasteiger partial charge in [0, 0.05) is 0 Å². The largest absolute Gasteiger partial charge is 0.0654 e. The third-order valence-corrected chi connectivity index (χ3v) is 9.27. The molecule has 0 saturated carbocycles. The van der Waals surface area contributed by atoms with E-state index in [1.807, 2.05) is 0 Å². The van der Waals surface area contributed by atoms with E-state index < -0.39 is 0 Å². The summed E-state index contributed by atoms with van der Waals surface area (Å²) < 4.78 is 0. The lowest BCUT2D eigenvalue weighted by molar-refractivity contribution is 0.175. The molecule has 0 radical (unpaired) electrons. The lowest BCUT2D eigenvalue weighted by atomic mass is 9.72. The fourth-order valence-corrected chi connectivity index (χ4v) is 6.69. The van der Waals surface area contributed by atoms with Crippen LogP contribution in [0, 0.1) is 23.7 Å². The van der Waals surface area contributed by atoms with Gasteiger partial charge in [-0.1, -0.05) is 196 Å². The molecule has 0 aromatic rings. The first kappa shape index (κ1) is 36.0. The minimum Gasteiger partial charge on any atom is -0.0654 e. The summed E-state index contributed by atoms with van der Waals surface area (Å²) in [6.45, 7) is 14.3. The SMILES string of the molecule is CCCCCCCCC(CCCCCC)C(CC(CC)CCCC)CC(CCCC)CCCCCC. The Kier molecular flexibility index (Phi) is 28.0. The van der Waals surface area contributed by atoms with E-state index >= 15 is 0 Å². The predicted molar refractivity (Wildman–Crippen MR) is 168 cm³/mol. The van der Waals surface area contributed by atoms with Gasteiger partial charge in [-0.25, -0.2) is 0 Å². The fourth-order valence-electron chi connectivity index (χ4n) is 6.69. The lowest BCUT2D eigenvalue weighted by Gasteiger charge is -2.34. The topological polar surface area (TPSA) is 0 Å². The molecule has 0 nitrogen and oxygen atoms in total. The van der Waals surface area contributed by atoms with Crippen molar-refractivity contribution < 1.29 is 0 Å². The van der Waals surface area contributed by atoms with Crippen LogP contribution in [0.4, 0.5) is 0 Å². The van der Waals surface area contributed by atoms with E-state index in [1.165, 1.54) is 154 Å². The molecule has 0 spiro atoms. The second kappa shape index (κ2) is 28.0. The molecule has 0 bridgehead atoms. The molecule has 36 heavy (non-hydrogen) atoms. The van der Waals surface area contributed by atoms with Crippen molar-refractivity contribution in [2.24, 2.45) is 23.7 Å².